The van der Waals surface area contributed by atoms with Crippen molar-refractivity contribution in [3.63, 3.8) is 0 Å². The molecule has 1 saturated heterocycles. The highest BCUT2D eigenvalue weighted by molar-refractivity contribution is 7.80. The number of anilines is 1. The minimum Gasteiger partial charge on any atom is -0.318 e. The maximum Gasteiger partial charge on any atom is 0.270 e. The predicted molar refractivity (Wildman–Crippen MR) is 153 cm³/mol. The van der Waals surface area contributed by atoms with E-state index in [4.69, 9.17) is 35.4 Å². The summed E-state index contributed by atoms with van der Waals surface area (Å²) in [5.74, 6) is -1.12. The van der Waals surface area contributed by atoms with Gasteiger partial charge in [-0.05, 0) is 85.2 Å². The quantitative estimate of drug-likeness (QED) is 0.172. The molecule has 184 valence electrons. The minimum absolute atomic E-state index is 0.0413. The lowest BCUT2D eigenvalue weighted by Gasteiger charge is -2.29. The third-order valence-corrected chi connectivity index (χ3v) is 7.08. The Bertz CT molecular complexity index is 1590. The Morgan fingerprint density at radius 1 is 0.865 bits per heavy atom. The molecule has 3 aromatic carbocycles. The van der Waals surface area contributed by atoms with E-state index in [1.807, 2.05) is 38.1 Å². The number of amides is 2. The van der Waals surface area contributed by atoms with E-state index in [9.17, 15) is 9.59 Å². The molecule has 0 bridgehead atoms. The summed E-state index contributed by atoms with van der Waals surface area (Å²) < 4.78 is 2.09. The minimum atomic E-state index is -0.562. The highest BCUT2D eigenvalue weighted by Gasteiger charge is 2.35. The van der Waals surface area contributed by atoms with Gasteiger partial charge in [-0.25, -0.2) is 0 Å². The van der Waals surface area contributed by atoms with Crippen LogP contribution in [0, 0.1) is 13.8 Å². The number of carbonyl (C=O) groups is 2. The molecular formula is C29H21Cl2N3O2S. The zero-order valence-electron chi connectivity index (χ0n) is 20.0. The molecule has 0 spiro atoms. The molecule has 1 fully saturated rings. The smallest absolute Gasteiger partial charge is 0.270 e. The van der Waals surface area contributed by atoms with Crippen LogP contribution in [0.2, 0.25) is 10.0 Å². The maximum absolute atomic E-state index is 13.4. The van der Waals surface area contributed by atoms with Crippen molar-refractivity contribution in [1.29, 1.82) is 0 Å². The van der Waals surface area contributed by atoms with Crippen LogP contribution >= 0.6 is 35.4 Å². The van der Waals surface area contributed by atoms with E-state index in [-0.39, 0.29) is 15.7 Å². The van der Waals surface area contributed by atoms with Gasteiger partial charge >= 0.3 is 0 Å². The standard InChI is InChI=1S/C29H21Cl2N3O2S/c1-17-14-21(18(2)33(17)23-11-8-20(9-12-23)19-6-4-3-5-7-19)15-24-27(35)32-29(37)34(28(24)36)26-13-10-22(30)16-25(26)31/h3-16H,1-2H3,(H,32,35,37). The van der Waals surface area contributed by atoms with Gasteiger partial charge in [0.05, 0.1) is 10.7 Å². The molecule has 1 aliphatic rings. The number of halogens is 2. The summed E-state index contributed by atoms with van der Waals surface area (Å²) in [6, 6.07) is 25.1. The van der Waals surface area contributed by atoms with Gasteiger partial charge in [0.25, 0.3) is 11.8 Å². The van der Waals surface area contributed by atoms with Gasteiger partial charge in [-0.3, -0.25) is 19.8 Å². The summed E-state index contributed by atoms with van der Waals surface area (Å²) in [4.78, 5) is 27.5. The second kappa shape index (κ2) is 9.98. The van der Waals surface area contributed by atoms with E-state index in [1.54, 1.807) is 18.2 Å². The van der Waals surface area contributed by atoms with Crippen molar-refractivity contribution in [3.8, 4) is 16.8 Å². The van der Waals surface area contributed by atoms with Crippen LogP contribution in [-0.4, -0.2) is 21.5 Å². The van der Waals surface area contributed by atoms with Crippen molar-refractivity contribution >= 4 is 64.1 Å². The van der Waals surface area contributed by atoms with Gasteiger partial charge in [0.1, 0.15) is 5.57 Å². The van der Waals surface area contributed by atoms with E-state index >= 15 is 0 Å². The van der Waals surface area contributed by atoms with Crippen LogP contribution in [0.15, 0.2) is 84.4 Å². The Morgan fingerprint density at radius 3 is 2.22 bits per heavy atom. The average Bonchev–Trinajstić information content (AvgIpc) is 3.16. The van der Waals surface area contributed by atoms with Crippen molar-refractivity contribution in [2.75, 3.05) is 4.90 Å². The van der Waals surface area contributed by atoms with Crippen LogP contribution in [0.4, 0.5) is 5.69 Å². The number of benzene rings is 3. The molecule has 1 N–H and O–H groups in total. The molecule has 4 aromatic rings. The Balaban J connectivity index is 1.50. The molecule has 0 saturated carbocycles. The average molecular weight is 546 g/mol. The highest BCUT2D eigenvalue weighted by atomic mass is 35.5. The normalized spacial score (nSPS) is 14.9. The van der Waals surface area contributed by atoms with Crippen LogP contribution in [0.5, 0.6) is 0 Å². The number of aryl methyl sites for hydroxylation is 1. The van der Waals surface area contributed by atoms with Crippen LogP contribution in [-0.2, 0) is 9.59 Å². The molecule has 1 aliphatic heterocycles. The fraction of sp³-hybridized carbons (Fsp3) is 0.0690. The molecule has 5 rings (SSSR count). The van der Waals surface area contributed by atoms with Crippen LogP contribution < -0.4 is 10.2 Å². The van der Waals surface area contributed by atoms with Gasteiger partial charge in [-0.15, -0.1) is 0 Å². The first-order valence-corrected chi connectivity index (χ1v) is 12.6. The molecular weight excluding hydrogens is 525 g/mol. The number of thiocarbonyl (C=S) groups is 1. The summed E-state index contributed by atoms with van der Waals surface area (Å²) in [5, 5.41) is 3.22. The Morgan fingerprint density at radius 2 is 1.54 bits per heavy atom. The number of aromatic nitrogens is 1. The Labute approximate surface area is 229 Å². The molecule has 5 nitrogen and oxygen atoms in total. The lowest BCUT2D eigenvalue weighted by Crippen LogP contribution is -2.54. The molecule has 8 heteroatoms. The van der Waals surface area contributed by atoms with Gasteiger partial charge in [0, 0.05) is 22.1 Å². The first-order valence-electron chi connectivity index (χ1n) is 11.5. The summed E-state index contributed by atoms with van der Waals surface area (Å²) in [6.07, 6.45) is 1.59. The van der Waals surface area contributed by atoms with Gasteiger partial charge < -0.3 is 4.57 Å². The molecule has 37 heavy (non-hydrogen) atoms. The number of hydrogen-bond donors (Lipinski definition) is 1. The summed E-state index contributed by atoms with van der Waals surface area (Å²) in [5.41, 5.74) is 6.15. The summed E-state index contributed by atoms with van der Waals surface area (Å²) >= 11 is 17.6. The number of rotatable bonds is 4. The third-order valence-electron chi connectivity index (χ3n) is 6.26. The number of nitrogens with zero attached hydrogens (tertiary/aromatic N) is 2. The highest BCUT2D eigenvalue weighted by Crippen LogP contribution is 2.32. The van der Waals surface area contributed by atoms with Gasteiger partial charge in [0.15, 0.2) is 5.11 Å². The van der Waals surface area contributed by atoms with Crippen molar-refractivity contribution < 1.29 is 9.59 Å². The van der Waals surface area contributed by atoms with Crippen molar-refractivity contribution in [3.05, 3.63) is 111 Å². The molecule has 2 heterocycles. The number of nitrogens with one attached hydrogen (secondary N) is 1. The van der Waals surface area contributed by atoms with Crippen molar-refractivity contribution in [2.24, 2.45) is 0 Å². The van der Waals surface area contributed by atoms with Crippen molar-refractivity contribution in [2.45, 2.75) is 13.8 Å². The fourth-order valence-electron chi connectivity index (χ4n) is 4.46. The Hall–Kier alpha value is -3.71. The zero-order chi connectivity index (χ0) is 26.3. The van der Waals surface area contributed by atoms with E-state index in [1.165, 1.54) is 11.0 Å². The van der Waals surface area contributed by atoms with E-state index in [0.29, 0.717) is 10.7 Å². The lowest BCUT2D eigenvalue weighted by atomic mass is 10.1. The van der Waals surface area contributed by atoms with Crippen LogP contribution in [0.3, 0.4) is 0 Å². The topological polar surface area (TPSA) is 54.3 Å². The molecule has 0 unspecified atom stereocenters. The van der Waals surface area contributed by atoms with Gasteiger partial charge in [-0.1, -0.05) is 65.7 Å². The van der Waals surface area contributed by atoms with Crippen LogP contribution in [0.25, 0.3) is 22.9 Å². The lowest BCUT2D eigenvalue weighted by molar-refractivity contribution is -0.122. The second-order valence-corrected chi connectivity index (χ2v) is 9.86. The summed E-state index contributed by atoms with van der Waals surface area (Å²) in [6.45, 7) is 3.94. The first kappa shape index (κ1) is 25.0. The van der Waals surface area contributed by atoms with Gasteiger partial charge in [0.2, 0.25) is 0 Å². The monoisotopic (exact) mass is 545 g/mol. The second-order valence-electron chi connectivity index (χ2n) is 8.63. The fourth-order valence-corrected chi connectivity index (χ4v) is 5.23. The van der Waals surface area contributed by atoms with Gasteiger partial charge in [-0.2, -0.15) is 0 Å². The molecule has 1 aromatic heterocycles. The molecule has 2 amide bonds. The predicted octanol–water partition coefficient (Wildman–Crippen LogP) is 6.90. The van der Waals surface area contributed by atoms with E-state index in [2.05, 4.69) is 46.3 Å². The number of carbonyl (C=O) groups excluding carboxylic acids is 2. The SMILES string of the molecule is Cc1cc(C=C2C(=O)NC(=S)N(c3ccc(Cl)cc3Cl)C2=O)c(C)n1-c1ccc(-c2ccccc2)cc1. The molecule has 0 radical (unpaired) electrons. The van der Waals surface area contributed by atoms with E-state index < -0.39 is 11.8 Å². The number of hydrogen-bond acceptors (Lipinski definition) is 3. The largest absolute Gasteiger partial charge is 0.318 e. The maximum atomic E-state index is 13.4. The van der Waals surface area contributed by atoms with Crippen molar-refractivity contribution in [1.82, 2.24) is 9.88 Å². The molecule has 0 atom stereocenters. The first-order chi connectivity index (χ1) is 17.7. The molecule has 0 aliphatic carbocycles. The Kier molecular flexibility index (Phi) is 6.73. The summed E-state index contributed by atoms with van der Waals surface area (Å²) in [7, 11) is 0. The zero-order valence-corrected chi connectivity index (χ0v) is 22.3. The van der Waals surface area contributed by atoms with E-state index in [0.717, 1.165) is 33.8 Å². The van der Waals surface area contributed by atoms with Crippen LogP contribution in [0.1, 0.15) is 17.0 Å². The third kappa shape index (κ3) is 4.71.